The molecule has 0 bridgehead atoms. The number of rotatable bonds is 0. The van der Waals surface area contributed by atoms with Gasteiger partial charge in [-0.2, -0.15) is 0 Å². The molecule has 0 saturated carbocycles. The van der Waals surface area contributed by atoms with Gasteiger partial charge >= 0.3 is 0 Å². The predicted octanol–water partition coefficient (Wildman–Crippen LogP) is -0.470. The molecule has 0 fully saturated rings. The lowest BCUT2D eigenvalue weighted by atomic mass is 10.3. The van der Waals surface area contributed by atoms with E-state index >= 15 is 0 Å². The number of aliphatic hydroxyl groups is 1. The van der Waals surface area contributed by atoms with Crippen LogP contribution >= 0.6 is 11.6 Å². The van der Waals surface area contributed by atoms with Crippen molar-refractivity contribution in [3.8, 4) is 0 Å². The van der Waals surface area contributed by atoms with Gasteiger partial charge in [-0.15, -0.1) is 10.6 Å². The van der Waals surface area contributed by atoms with Gasteiger partial charge in [0, 0.05) is 5.70 Å². The third-order valence-electron chi connectivity index (χ3n) is 2.17. The first-order valence-corrected chi connectivity index (χ1v) is 4.37. The van der Waals surface area contributed by atoms with Crippen LogP contribution in [0.5, 0.6) is 0 Å². The van der Waals surface area contributed by atoms with Crippen LogP contribution in [0.1, 0.15) is 6.92 Å². The molecule has 1 atom stereocenters. The fourth-order valence-corrected chi connectivity index (χ4v) is 1.53. The van der Waals surface area contributed by atoms with Crippen molar-refractivity contribution in [3.05, 3.63) is 22.9 Å². The smallest absolute Gasteiger partial charge is 0.240 e. The highest BCUT2D eigenvalue weighted by atomic mass is 35.5. The number of hydrogen-bond donors (Lipinski definition) is 4. The molecule has 76 valence electrons. The van der Waals surface area contributed by atoms with Crippen LogP contribution in [0.25, 0.3) is 0 Å². The minimum Gasteiger partial charge on any atom is -0.368 e. The normalized spacial score (nSPS) is 26.5. The molecule has 4 N–H and O–H groups in total. The average Bonchev–Trinajstić information content (AvgIpc) is 2.73. The third-order valence-corrected chi connectivity index (χ3v) is 2.65. The molecule has 0 aromatic rings. The van der Waals surface area contributed by atoms with E-state index in [1.165, 1.54) is 4.90 Å². The molecule has 2 heterocycles. The van der Waals surface area contributed by atoms with Crippen molar-refractivity contribution < 1.29 is 5.11 Å². The first kappa shape index (κ1) is 9.32. The number of hydrogen-bond acceptors (Lipinski definition) is 6. The van der Waals surface area contributed by atoms with Crippen molar-refractivity contribution in [2.24, 2.45) is 5.10 Å². The van der Waals surface area contributed by atoms with Gasteiger partial charge in [-0.3, -0.25) is 10.3 Å². The van der Waals surface area contributed by atoms with Crippen LogP contribution in [0.3, 0.4) is 0 Å². The van der Waals surface area contributed by atoms with Gasteiger partial charge < -0.3 is 5.11 Å². The summed E-state index contributed by atoms with van der Waals surface area (Å²) in [5.41, 5.74) is 9.15. The van der Waals surface area contributed by atoms with Crippen molar-refractivity contribution in [1.29, 1.82) is 0 Å². The second-order valence-corrected chi connectivity index (χ2v) is 3.37. The van der Waals surface area contributed by atoms with Gasteiger partial charge in [-0.05, 0) is 12.5 Å². The Labute approximate surface area is 85.9 Å². The van der Waals surface area contributed by atoms with Crippen LogP contribution in [-0.4, -0.2) is 22.2 Å². The van der Waals surface area contributed by atoms with E-state index in [1.807, 2.05) is 0 Å². The predicted molar refractivity (Wildman–Crippen MR) is 52.4 cm³/mol. The molecule has 0 aliphatic carbocycles. The Morgan fingerprint density at radius 2 is 2.36 bits per heavy atom. The molecular weight excluding hydrogens is 206 g/mol. The Bertz CT molecular complexity index is 350. The first-order chi connectivity index (χ1) is 6.63. The molecular formula is C7H10ClN5O. The largest absolute Gasteiger partial charge is 0.368 e. The summed E-state index contributed by atoms with van der Waals surface area (Å²) in [6.45, 7) is 5.61. The van der Waals surface area contributed by atoms with Crippen molar-refractivity contribution in [3.63, 3.8) is 0 Å². The number of hydrazine groups is 2. The number of halogens is 1. The standard InChI is InChI=1S/C7H10ClN5O/c1-3-4(2)13(6(14)5(3)8)7-9-11-12-10-7/h6,11-12,14H,2H2,1H3,(H,9,10). The summed E-state index contributed by atoms with van der Waals surface area (Å²) in [7, 11) is 0. The fourth-order valence-electron chi connectivity index (χ4n) is 1.32. The Kier molecular flexibility index (Phi) is 2.10. The summed E-state index contributed by atoms with van der Waals surface area (Å²) in [5.74, 6) is 0.428. The fraction of sp³-hybridized carbons (Fsp3) is 0.286. The molecule has 0 saturated heterocycles. The van der Waals surface area contributed by atoms with Crippen molar-refractivity contribution in [2.45, 2.75) is 13.2 Å². The number of nitrogens with one attached hydrogen (secondary N) is 3. The zero-order valence-corrected chi connectivity index (χ0v) is 8.26. The highest BCUT2D eigenvalue weighted by Gasteiger charge is 2.35. The molecule has 2 aliphatic rings. The minimum atomic E-state index is -0.919. The number of guanidine groups is 1. The highest BCUT2D eigenvalue weighted by Crippen LogP contribution is 2.33. The third kappa shape index (κ3) is 1.16. The molecule has 0 aromatic carbocycles. The Balaban J connectivity index is 2.28. The molecule has 2 rings (SSSR count). The number of aliphatic hydroxyl groups excluding tert-OH is 1. The van der Waals surface area contributed by atoms with Gasteiger partial charge in [0.15, 0.2) is 6.23 Å². The van der Waals surface area contributed by atoms with E-state index in [4.69, 9.17) is 11.6 Å². The summed E-state index contributed by atoms with van der Waals surface area (Å²) >= 11 is 5.88. The highest BCUT2D eigenvalue weighted by molar-refractivity contribution is 6.31. The summed E-state index contributed by atoms with van der Waals surface area (Å²) in [5, 5.41) is 14.0. The van der Waals surface area contributed by atoms with Crippen LogP contribution in [0.2, 0.25) is 0 Å². The van der Waals surface area contributed by atoms with Gasteiger partial charge in [-0.25, -0.2) is 5.53 Å². The monoisotopic (exact) mass is 215 g/mol. The van der Waals surface area contributed by atoms with E-state index in [2.05, 4.69) is 28.2 Å². The SMILES string of the molecule is C=C1C(C)=C(Cl)C(O)N1C1=NNNN1. The van der Waals surface area contributed by atoms with Crippen LogP contribution in [0, 0.1) is 0 Å². The molecule has 14 heavy (non-hydrogen) atoms. The molecule has 0 amide bonds. The maximum Gasteiger partial charge on any atom is 0.240 e. The van der Waals surface area contributed by atoms with Gasteiger partial charge in [0.2, 0.25) is 5.96 Å². The van der Waals surface area contributed by atoms with Crippen molar-refractivity contribution in [1.82, 2.24) is 21.4 Å². The lowest BCUT2D eigenvalue weighted by Crippen LogP contribution is -2.45. The lowest BCUT2D eigenvalue weighted by molar-refractivity contribution is 0.126. The summed E-state index contributed by atoms with van der Waals surface area (Å²) in [4.78, 5) is 1.49. The Morgan fingerprint density at radius 1 is 1.64 bits per heavy atom. The van der Waals surface area contributed by atoms with E-state index in [0.29, 0.717) is 16.7 Å². The van der Waals surface area contributed by atoms with Gasteiger partial charge in [0.05, 0.1) is 5.03 Å². The maximum absolute atomic E-state index is 9.76. The number of nitrogens with zero attached hydrogens (tertiary/aromatic N) is 2. The second kappa shape index (κ2) is 3.16. The summed E-state index contributed by atoms with van der Waals surface area (Å²) in [6, 6.07) is 0. The maximum atomic E-state index is 9.76. The van der Waals surface area contributed by atoms with Gasteiger partial charge in [-0.1, -0.05) is 18.2 Å². The zero-order valence-electron chi connectivity index (χ0n) is 7.50. The Hall–Kier alpha value is -1.24. The molecule has 0 aromatic heterocycles. The molecule has 7 heteroatoms. The van der Waals surface area contributed by atoms with E-state index in [1.54, 1.807) is 6.92 Å². The van der Waals surface area contributed by atoms with Gasteiger partial charge in [0.1, 0.15) is 0 Å². The van der Waals surface area contributed by atoms with Crippen molar-refractivity contribution >= 4 is 17.6 Å². The van der Waals surface area contributed by atoms with E-state index in [9.17, 15) is 5.11 Å². The van der Waals surface area contributed by atoms with E-state index < -0.39 is 6.23 Å². The van der Waals surface area contributed by atoms with Gasteiger partial charge in [0.25, 0.3) is 0 Å². The van der Waals surface area contributed by atoms with E-state index in [0.717, 1.165) is 5.57 Å². The summed E-state index contributed by atoms with van der Waals surface area (Å²) in [6.07, 6.45) is -0.919. The lowest BCUT2D eigenvalue weighted by Gasteiger charge is -2.22. The Morgan fingerprint density at radius 3 is 2.79 bits per heavy atom. The van der Waals surface area contributed by atoms with Crippen LogP contribution in [0.15, 0.2) is 28.0 Å². The van der Waals surface area contributed by atoms with Crippen molar-refractivity contribution in [2.75, 3.05) is 0 Å². The molecule has 2 aliphatic heterocycles. The van der Waals surface area contributed by atoms with Crippen LogP contribution in [0.4, 0.5) is 0 Å². The van der Waals surface area contributed by atoms with Crippen LogP contribution in [-0.2, 0) is 0 Å². The van der Waals surface area contributed by atoms with E-state index in [-0.39, 0.29) is 0 Å². The quantitative estimate of drug-likeness (QED) is 0.440. The molecule has 0 radical (unpaired) electrons. The summed E-state index contributed by atoms with van der Waals surface area (Å²) < 4.78 is 0. The second-order valence-electron chi connectivity index (χ2n) is 2.96. The molecule has 6 nitrogen and oxygen atoms in total. The zero-order chi connectivity index (χ0) is 10.3. The number of allylic oxidation sites excluding steroid dienone is 1. The number of hydrazone groups is 1. The minimum absolute atomic E-state index is 0.367. The molecule has 0 spiro atoms. The average molecular weight is 216 g/mol. The molecule has 1 unspecified atom stereocenters. The first-order valence-electron chi connectivity index (χ1n) is 3.99. The van der Waals surface area contributed by atoms with Crippen LogP contribution < -0.4 is 16.5 Å². The topological polar surface area (TPSA) is 71.9 Å².